The summed E-state index contributed by atoms with van der Waals surface area (Å²) in [7, 11) is 0. The first-order valence-corrected chi connectivity index (χ1v) is 5.31. The van der Waals surface area contributed by atoms with Crippen LogP contribution in [-0.2, 0) is 5.41 Å². The SMILES string of the molecule is CC(C)(C)c1ccnc(NCCCN)n1. The van der Waals surface area contributed by atoms with Gasteiger partial charge in [0.05, 0.1) is 5.69 Å². The fourth-order valence-electron chi connectivity index (χ4n) is 1.16. The Morgan fingerprint density at radius 3 is 2.73 bits per heavy atom. The van der Waals surface area contributed by atoms with Crippen molar-refractivity contribution in [1.29, 1.82) is 0 Å². The Morgan fingerprint density at radius 1 is 1.40 bits per heavy atom. The van der Waals surface area contributed by atoms with Crippen molar-refractivity contribution in [2.75, 3.05) is 18.4 Å². The number of hydrogen-bond donors (Lipinski definition) is 2. The molecule has 0 saturated heterocycles. The first-order chi connectivity index (χ1) is 7.04. The van der Waals surface area contributed by atoms with E-state index >= 15 is 0 Å². The third kappa shape index (κ3) is 3.83. The van der Waals surface area contributed by atoms with Crippen LogP contribution in [0.25, 0.3) is 0 Å². The largest absolute Gasteiger partial charge is 0.354 e. The lowest BCUT2D eigenvalue weighted by atomic mass is 9.92. The molecule has 0 aliphatic heterocycles. The molecule has 4 nitrogen and oxygen atoms in total. The molecule has 15 heavy (non-hydrogen) atoms. The van der Waals surface area contributed by atoms with E-state index in [0.717, 1.165) is 18.7 Å². The predicted molar refractivity (Wildman–Crippen MR) is 62.9 cm³/mol. The Labute approximate surface area is 91.3 Å². The van der Waals surface area contributed by atoms with E-state index in [4.69, 9.17) is 5.73 Å². The van der Waals surface area contributed by atoms with Gasteiger partial charge in [0.25, 0.3) is 0 Å². The van der Waals surface area contributed by atoms with Gasteiger partial charge in [0, 0.05) is 18.2 Å². The van der Waals surface area contributed by atoms with Gasteiger partial charge in [-0.3, -0.25) is 0 Å². The summed E-state index contributed by atoms with van der Waals surface area (Å²) in [6.07, 6.45) is 2.72. The molecule has 84 valence electrons. The van der Waals surface area contributed by atoms with Gasteiger partial charge in [-0.2, -0.15) is 0 Å². The first kappa shape index (κ1) is 11.9. The molecule has 0 aromatic carbocycles. The highest BCUT2D eigenvalue weighted by atomic mass is 15.1. The summed E-state index contributed by atoms with van der Waals surface area (Å²) in [6.45, 7) is 7.92. The van der Waals surface area contributed by atoms with E-state index in [1.807, 2.05) is 6.07 Å². The lowest BCUT2D eigenvalue weighted by Gasteiger charge is -2.17. The third-order valence-electron chi connectivity index (χ3n) is 2.09. The van der Waals surface area contributed by atoms with Crippen LogP contribution < -0.4 is 11.1 Å². The van der Waals surface area contributed by atoms with E-state index in [1.54, 1.807) is 6.20 Å². The summed E-state index contributed by atoms with van der Waals surface area (Å²) in [6, 6.07) is 1.95. The van der Waals surface area contributed by atoms with Crippen LogP contribution in [0.15, 0.2) is 12.3 Å². The summed E-state index contributed by atoms with van der Waals surface area (Å²) in [5.41, 5.74) is 6.52. The monoisotopic (exact) mass is 208 g/mol. The van der Waals surface area contributed by atoms with E-state index in [0.29, 0.717) is 12.5 Å². The highest BCUT2D eigenvalue weighted by molar-refractivity contribution is 5.27. The molecule has 0 aliphatic carbocycles. The van der Waals surface area contributed by atoms with Gasteiger partial charge >= 0.3 is 0 Å². The lowest BCUT2D eigenvalue weighted by molar-refractivity contribution is 0.567. The average Bonchev–Trinajstić information content (AvgIpc) is 2.17. The minimum Gasteiger partial charge on any atom is -0.354 e. The summed E-state index contributed by atoms with van der Waals surface area (Å²) in [5.74, 6) is 0.691. The van der Waals surface area contributed by atoms with Crippen LogP contribution in [-0.4, -0.2) is 23.1 Å². The Hall–Kier alpha value is -1.16. The van der Waals surface area contributed by atoms with E-state index in [9.17, 15) is 0 Å². The molecule has 3 N–H and O–H groups in total. The second kappa shape index (κ2) is 5.07. The van der Waals surface area contributed by atoms with E-state index in [1.165, 1.54) is 0 Å². The standard InChI is InChI=1S/C11H20N4/c1-11(2,3)9-5-8-14-10(15-9)13-7-4-6-12/h5,8H,4,6-7,12H2,1-3H3,(H,13,14,15). The van der Waals surface area contributed by atoms with Gasteiger partial charge in [0.1, 0.15) is 0 Å². The molecule has 0 radical (unpaired) electrons. The van der Waals surface area contributed by atoms with Gasteiger partial charge in [0.2, 0.25) is 5.95 Å². The molecule has 1 heterocycles. The van der Waals surface area contributed by atoms with Crippen LogP contribution >= 0.6 is 0 Å². The molecule has 0 atom stereocenters. The molecule has 1 aromatic heterocycles. The molecule has 0 amide bonds. The molecule has 1 rings (SSSR count). The summed E-state index contributed by atoms with van der Waals surface area (Å²) in [4.78, 5) is 8.61. The van der Waals surface area contributed by atoms with Crippen LogP contribution in [0.2, 0.25) is 0 Å². The molecular weight excluding hydrogens is 188 g/mol. The normalized spacial score (nSPS) is 11.5. The first-order valence-electron chi connectivity index (χ1n) is 5.31. The molecule has 4 heteroatoms. The van der Waals surface area contributed by atoms with Gasteiger partial charge in [0.15, 0.2) is 0 Å². The van der Waals surface area contributed by atoms with Crippen LogP contribution in [0, 0.1) is 0 Å². The van der Waals surface area contributed by atoms with E-state index < -0.39 is 0 Å². The Morgan fingerprint density at radius 2 is 2.13 bits per heavy atom. The maximum Gasteiger partial charge on any atom is 0.222 e. The Bertz CT molecular complexity index is 304. The van der Waals surface area contributed by atoms with Crippen molar-refractivity contribution in [3.63, 3.8) is 0 Å². The topological polar surface area (TPSA) is 63.8 Å². The minimum absolute atomic E-state index is 0.0627. The van der Waals surface area contributed by atoms with E-state index in [2.05, 4.69) is 36.1 Å². The number of nitrogens with two attached hydrogens (primary N) is 1. The van der Waals surface area contributed by atoms with Crippen LogP contribution in [0.5, 0.6) is 0 Å². The number of nitrogens with zero attached hydrogens (tertiary/aromatic N) is 2. The number of rotatable bonds is 4. The highest BCUT2D eigenvalue weighted by Crippen LogP contribution is 2.19. The second-order valence-electron chi connectivity index (χ2n) is 4.58. The van der Waals surface area contributed by atoms with Gasteiger partial charge in [-0.25, -0.2) is 9.97 Å². The maximum absolute atomic E-state index is 5.41. The number of anilines is 1. The molecule has 0 fully saturated rings. The smallest absolute Gasteiger partial charge is 0.222 e. The summed E-state index contributed by atoms with van der Waals surface area (Å²) >= 11 is 0. The van der Waals surface area contributed by atoms with Crippen LogP contribution in [0.4, 0.5) is 5.95 Å². The minimum atomic E-state index is 0.0627. The maximum atomic E-state index is 5.41. The van der Waals surface area contributed by atoms with Gasteiger partial charge < -0.3 is 11.1 Å². The Balaban J connectivity index is 2.66. The third-order valence-corrected chi connectivity index (χ3v) is 2.09. The van der Waals surface area contributed by atoms with Gasteiger partial charge in [-0.1, -0.05) is 20.8 Å². The Kier molecular flexibility index (Phi) is 4.03. The van der Waals surface area contributed by atoms with Gasteiger partial charge in [-0.05, 0) is 19.0 Å². The van der Waals surface area contributed by atoms with Crippen molar-refractivity contribution in [1.82, 2.24) is 9.97 Å². The van der Waals surface area contributed by atoms with Crippen LogP contribution in [0.3, 0.4) is 0 Å². The summed E-state index contributed by atoms with van der Waals surface area (Å²) in [5, 5.41) is 3.16. The predicted octanol–water partition coefficient (Wildman–Crippen LogP) is 1.53. The zero-order valence-corrected chi connectivity index (χ0v) is 9.75. The van der Waals surface area contributed by atoms with Crippen molar-refractivity contribution in [2.24, 2.45) is 5.73 Å². The summed E-state index contributed by atoms with van der Waals surface area (Å²) < 4.78 is 0. The number of hydrogen-bond acceptors (Lipinski definition) is 4. The molecule has 0 unspecified atom stereocenters. The number of aromatic nitrogens is 2. The highest BCUT2D eigenvalue weighted by Gasteiger charge is 2.15. The van der Waals surface area contributed by atoms with Crippen LogP contribution in [0.1, 0.15) is 32.9 Å². The van der Waals surface area contributed by atoms with Crippen molar-refractivity contribution in [2.45, 2.75) is 32.6 Å². The zero-order valence-electron chi connectivity index (χ0n) is 9.75. The molecule has 1 aromatic rings. The fourth-order valence-corrected chi connectivity index (χ4v) is 1.16. The fraction of sp³-hybridized carbons (Fsp3) is 0.636. The van der Waals surface area contributed by atoms with Crippen molar-refractivity contribution in [3.8, 4) is 0 Å². The second-order valence-corrected chi connectivity index (χ2v) is 4.58. The molecular formula is C11H20N4. The number of nitrogens with one attached hydrogen (secondary N) is 1. The van der Waals surface area contributed by atoms with Crippen molar-refractivity contribution >= 4 is 5.95 Å². The quantitative estimate of drug-likeness (QED) is 0.737. The zero-order chi connectivity index (χ0) is 11.3. The van der Waals surface area contributed by atoms with Gasteiger partial charge in [-0.15, -0.1) is 0 Å². The van der Waals surface area contributed by atoms with Crippen molar-refractivity contribution < 1.29 is 0 Å². The molecule has 0 spiro atoms. The molecule has 0 bridgehead atoms. The van der Waals surface area contributed by atoms with Crippen molar-refractivity contribution in [3.05, 3.63) is 18.0 Å². The average molecular weight is 208 g/mol. The molecule has 0 saturated carbocycles. The van der Waals surface area contributed by atoms with E-state index in [-0.39, 0.29) is 5.41 Å². The lowest BCUT2D eigenvalue weighted by Crippen LogP contribution is -2.16. The molecule has 0 aliphatic rings.